The number of benzene rings is 1. The van der Waals surface area contributed by atoms with E-state index >= 15 is 0 Å². The molecule has 35 heavy (non-hydrogen) atoms. The van der Waals surface area contributed by atoms with Gasteiger partial charge in [0, 0.05) is 18.3 Å². The number of ether oxygens (including phenoxy) is 1. The Bertz CT molecular complexity index is 1370. The lowest BCUT2D eigenvalue weighted by molar-refractivity contribution is -0.500. The third kappa shape index (κ3) is 4.67. The summed E-state index contributed by atoms with van der Waals surface area (Å²) in [6.07, 6.45) is -2.25. The van der Waals surface area contributed by atoms with Crippen LogP contribution in [0.4, 0.5) is 14.7 Å². The molecular weight excluding hydrogens is 452 g/mol. The molecule has 0 aliphatic carbocycles. The Morgan fingerprint density at radius 1 is 1.20 bits per heavy atom. The lowest BCUT2D eigenvalue weighted by Crippen LogP contribution is -2.32. The summed E-state index contributed by atoms with van der Waals surface area (Å²) < 4.78 is 36.8. The van der Waals surface area contributed by atoms with Crippen LogP contribution in [-0.2, 0) is 11.8 Å². The maximum absolute atomic E-state index is 14.0. The fraction of sp³-hybridized carbons (Fsp3) is 0.385. The minimum absolute atomic E-state index is 0.158. The molecule has 2 aromatic heterocycles. The zero-order valence-electron chi connectivity index (χ0n) is 20.8. The van der Waals surface area contributed by atoms with Crippen molar-refractivity contribution in [1.82, 2.24) is 14.5 Å². The quantitative estimate of drug-likeness (QED) is 0.514. The predicted octanol–water partition coefficient (Wildman–Crippen LogP) is 4.76. The second kappa shape index (κ2) is 9.56. The summed E-state index contributed by atoms with van der Waals surface area (Å²) in [7, 11) is 4.92. The number of fused-ring (bicyclic) bond motifs is 1. The molecule has 0 atom stereocenters. The number of alkyl halides is 2. The number of allylic oxidation sites excluding steroid dienone is 1. The van der Waals surface area contributed by atoms with Crippen LogP contribution in [0.3, 0.4) is 0 Å². The molecule has 9 heteroatoms. The summed E-state index contributed by atoms with van der Waals surface area (Å²) in [6.45, 7) is 6.38. The van der Waals surface area contributed by atoms with Crippen LogP contribution < -0.4 is 5.32 Å². The number of imidazole rings is 1. The highest BCUT2D eigenvalue weighted by Gasteiger charge is 2.36. The minimum Gasteiger partial charge on any atom is -0.500 e. The maximum Gasteiger partial charge on any atom is 0.321 e. The van der Waals surface area contributed by atoms with E-state index in [1.165, 1.54) is 23.3 Å². The Kier molecular flexibility index (Phi) is 6.69. The van der Waals surface area contributed by atoms with Crippen LogP contribution in [0.1, 0.15) is 53.5 Å². The zero-order valence-corrected chi connectivity index (χ0v) is 20.8. The highest BCUT2D eigenvalue weighted by atomic mass is 19.3. The molecule has 3 aromatic rings. The van der Waals surface area contributed by atoms with Gasteiger partial charge in [-0.25, -0.2) is 9.56 Å². The van der Waals surface area contributed by atoms with Gasteiger partial charge in [0.1, 0.15) is 24.9 Å². The Morgan fingerprint density at radius 2 is 1.94 bits per heavy atom. The van der Waals surface area contributed by atoms with Crippen LogP contribution in [0.2, 0.25) is 0 Å². The van der Waals surface area contributed by atoms with E-state index in [0.717, 1.165) is 11.0 Å². The minimum atomic E-state index is -2.71. The van der Waals surface area contributed by atoms with Gasteiger partial charge in [0.2, 0.25) is 5.95 Å². The highest BCUT2D eigenvalue weighted by Crippen LogP contribution is 2.29. The van der Waals surface area contributed by atoms with Crippen LogP contribution in [0.25, 0.3) is 16.6 Å². The molecule has 1 aliphatic rings. The van der Waals surface area contributed by atoms with Crippen LogP contribution in [0, 0.1) is 6.92 Å². The summed E-state index contributed by atoms with van der Waals surface area (Å²) in [4.78, 5) is 22.3. The van der Waals surface area contributed by atoms with Crippen LogP contribution >= 0.6 is 0 Å². The monoisotopic (exact) mass is 482 g/mol. The fourth-order valence-electron chi connectivity index (χ4n) is 4.38. The summed E-state index contributed by atoms with van der Waals surface area (Å²) in [5, 5.41) is 2.86. The molecule has 1 N–H and O–H groups in total. The number of carbonyl (C=O) groups excluding carboxylic acids is 1. The molecule has 0 fully saturated rings. The van der Waals surface area contributed by atoms with E-state index in [1.807, 2.05) is 23.7 Å². The van der Waals surface area contributed by atoms with Crippen molar-refractivity contribution in [3.8, 4) is 0 Å². The summed E-state index contributed by atoms with van der Waals surface area (Å²) in [5.74, 6) is 0.794. The molecular formula is C26H30F2N5O2+. The summed E-state index contributed by atoms with van der Waals surface area (Å²) in [5.41, 5.74) is 4.05. The largest absolute Gasteiger partial charge is 0.500 e. The van der Waals surface area contributed by atoms with Gasteiger partial charge < -0.3 is 9.30 Å². The lowest BCUT2D eigenvalue weighted by atomic mass is 9.98. The van der Waals surface area contributed by atoms with E-state index in [0.29, 0.717) is 41.8 Å². The average Bonchev–Trinajstić information content (AvgIpc) is 3.12. The average molecular weight is 483 g/mol. The van der Waals surface area contributed by atoms with Crippen molar-refractivity contribution in [3.63, 3.8) is 0 Å². The van der Waals surface area contributed by atoms with E-state index < -0.39 is 12.3 Å². The number of halogens is 2. The van der Waals surface area contributed by atoms with Gasteiger partial charge in [-0.05, 0) is 42.7 Å². The molecule has 1 amide bonds. The molecule has 184 valence electrons. The normalized spacial score (nSPS) is 14.5. The van der Waals surface area contributed by atoms with Crippen molar-refractivity contribution in [3.05, 3.63) is 58.6 Å². The van der Waals surface area contributed by atoms with Crippen molar-refractivity contribution in [1.29, 1.82) is 0 Å². The molecule has 0 bridgehead atoms. The number of amides is 1. The van der Waals surface area contributed by atoms with E-state index in [2.05, 4.69) is 35.2 Å². The fourth-order valence-corrected chi connectivity index (χ4v) is 4.38. The van der Waals surface area contributed by atoms with E-state index in [1.54, 1.807) is 20.0 Å². The van der Waals surface area contributed by atoms with Crippen molar-refractivity contribution in [2.45, 2.75) is 39.5 Å². The number of rotatable bonds is 6. The van der Waals surface area contributed by atoms with Crippen LogP contribution in [0.5, 0.6) is 0 Å². The first-order valence-electron chi connectivity index (χ1n) is 11.5. The predicted molar refractivity (Wildman–Crippen MR) is 132 cm³/mol. The number of aromatic nitrogens is 3. The SMILES string of the molecule is COC1=C(c2cc(C(=O)Nc3nc4ccc(C(C)C)cc4n3C)cc(C)n2)C(C(F)F)=[N+](C)CC1. The maximum atomic E-state index is 14.0. The molecule has 0 spiro atoms. The molecule has 3 heterocycles. The summed E-state index contributed by atoms with van der Waals surface area (Å²) >= 11 is 0. The van der Waals surface area contributed by atoms with E-state index in [9.17, 15) is 13.6 Å². The van der Waals surface area contributed by atoms with Crippen molar-refractivity contribution in [2.24, 2.45) is 7.05 Å². The van der Waals surface area contributed by atoms with Gasteiger partial charge in [-0.2, -0.15) is 8.78 Å². The Labute approximate surface area is 203 Å². The molecule has 7 nitrogen and oxygen atoms in total. The molecule has 0 unspecified atom stereocenters. The Morgan fingerprint density at radius 3 is 2.60 bits per heavy atom. The van der Waals surface area contributed by atoms with Gasteiger partial charge in [0.15, 0.2) is 0 Å². The number of carbonyl (C=O) groups is 1. The topological polar surface area (TPSA) is 72.0 Å². The second-order valence-electron chi connectivity index (χ2n) is 9.09. The van der Waals surface area contributed by atoms with Gasteiger partial charge in [-0.3, -0.25) is 15.1 Å². The first-order chi connectivity index (χ1) is 16.6. The second-order valence-corrected chi connectivity index (χ2v) is 9.09. The number of anilines is 1. The molecule has 0 radical (unpaired) electrons. The van der Waals surface area contributed by atoms with Gasteiger partial charge >= 0.3 is 6.43 Å². The molecule has 1 aromatic carbocycles. The summed E-state index contributed by atoms with van der Waals surface area (Å²) in [6, 6.07) is 9.19. The zero-order chi connectivity index (χ0) is 25.4. The number of aryl methyl sites for hydroxylation is 2. The smallest absolute Gasteiger partial charge is 0.321 e. The van der Waals surface area contributed by atoms with Crippen LogP contribution in [0.15, 0.2) is 36.1 Å². The number of nitrogens with one attached hydrogen (secondary N) is 1. The molecule has 0 saturated carbocycles. The number of hydrogen-bond donors (Lipinski definition) is 1. The van der Waals surface area contributed by atoms with Crippen LogP contribution in [-0.4, -0.2) is 57.9 Å². The van der Waals surface area contributed by atoms with Gasteiger partial charge in [0.25, 0.3) is 11.6 Å². The molecule has 1 aliphatic heterocycles. The van der Waals surface area contributed by atoms with Crippen molar-refractivity contribution < 1.29 is 22.9 Å². The molecule has 4 rings (SSSR count). The lowest BCUT2D eigenvalue weighted by Gasteiger charge is -2.19. The highest BCUT2D eigenvalue weighted by molar-refractivity contribution is 6.23. The van der Waals surface area contributed by atoms with Crippen molar-refractivity contribution >= 4 is 34.2 Å². The third-order valence-electron chi connectivity index (χ3n) is 6.34. The van der Waals surface area contributed by atoms with E-state index in [4.69, 9.17) is 4.74 Å². The number of nitrogens with zero attached hydrogens (tertiary/aromatic N) is 4. The number of methoxy groups -OCH3 is 1. The first kappa shape index (κ1) is 24.5. The van der Waals surface area contributed by atoms with Crippen molar-refractivity contribution in [2.75, 3.05) is 26.0 Å². The Hall–Kier alpha value is -3.62. The molecule has 0 saturated heterocycles. The van der Waals surface area contributed by atoms with Gasteiger partial charge in [-0.15, -0.1) is 0 Å². The standard InChI is InChI=1S/C26H29F2N5O2/c1-14(2)16-7-8-18-20(13-16)33(5)26(30-18)31-25(34)17-11-15(3)29-19(12-17)22-21(35-6)9-10-32(4)23(22)24(27)28/h7-8,11-14,24H,9-10H2,1-6H3/p+1. The number of pyridine rings is 1. The Balaban J connectivity index is 1.72. The van der Waals surface area contributed by atoms with E-state index in [-0.39, 0.29) is 17.0 Å². The van der Waals surface area contributed by atoms with Gasteiger partial charge in [-0.1, -0.05) is 19.9 Å². The first-order valence-corrected chi connectivity index (χ1v) is 11.5. The number of hydrogen-bond acceptors (Lipinski definition) is 4. The van der Waals surface area contributed by atoms with Gasteiger partial charge in [0.05, 0.1) is 30.3 Å². The third-order valence-corrected chi connectivity index (χ3v) is 6.34.